The Morgan fingerprint density at radius 2 is 2.32 bits per heavy atom. The van der Waals surface area contributed by atoms with E-state index in [1.165, 1.54) is 6.42 Å². The normalized spacial score (nSPS) is 19.8. The molecule has 0 aromatic carbocycles. The maximum Gasteiger partial charge on any atom is 0.281 e. The lowest BCUT2D eigenvalue weighted by molar-refractivity contribution is 0.109. The van der Waals surface area contributed by atoms with Gasteiger partial charge in [-0.25, -0.2) is 4.98 Å². The number of rotatable bonds is 5. The zero-order valence-corrected chi connectivity index (χ0v) is 13.2. The number of likely N-dealkylation sites (tertiary alicyclic amines) is 1. The van der Waals surface area contributed by atoms with Crippen molar-refractivity contribution in [3.05, 3.63) is 22.9 Å². The smallest absolute Gasteiger partial charge is 0.281 e. The van der Waals surface area contributed by atoms with Crippen molar-refractivity contribution in [2.45, 2.75) is 19.4 Å². The maximum atomic E-state index is 12.5. The van der Waals surface area contributed by atoms with E-state index in [1.54, 1.807) is 35.9 Å². The van der Waals surface area contributed by atoms with Crippen molar-refractivity contribution >= 4 is 11.0 Å². The second-order valence-electron chi connectivity index (χ2n) is 6.04. The van der Waals surface area contributed by atoms with E-state index in [1.807, 2.05) is 0 Å². The number of hydrogen-bond donors (Lipinski definition) is 0. The molecule has 0 saturated carbocycles. The molecule has 0 radical (unpaired) electrons. The molecule has 1 atom stereocenters. The zero-order chi connectivity index (χ0) is 15.5. The van der Waals surface area contributed by atoms with Crippen molar-refractivity contribution in [2.75, 3.05) is 33.4 Å². The molecular weight excluding hydrogens is 282 g/mol. The third-order valence-electron chi connectivity index (χ3n) is 4.28. The van der Waals surface area contributed by atoms with E-state index in [9.17, 15) is 4.79 Å². The number of hydrogen-bond acceptors (Lipinski definition) is 5. The molecule has 3 rings (SSSR count). The number of aromatic nitrogens is 4. The van der Waals surface area contributed by atoms with Crippen LogP contribution in [0.2, 0.25) is 0 Å². The number of methoxy groups -OCH3 is 1. The fraction of sp³-hybridized carbons (Fsp3) is 0.667. The molecule has 120 valence electrons. The SMILES string of the molecule is COCCN1CCC[C@H](Cn2cnc3cn(C)nc3c2=O)C1. The Balaban J connectivity index is 1.72. The van der Waals surface area contributed by atoms with E-state index in [-0.39, 0.29) is 5.56 Å². The molecule has 7 heteroatoms. The molecule has 1 saturated heterocycles. The van der Waals surface area contributed by atoms with E-state index in [0.29, 0.717) is 23.5 Å². The predicted octanol–water partition coefficient (Wildman–Crippen LogP) is 0.488. The van der Waals surface area contributed by atoms with E-state index >= 15 is 0 Å². The Morgan fingerprint density at radius 1 is 1.45 bits per heavy atom. The molecule has 0 unspecified atom stereocenters. The van der Waals surface area contributed by atoms with Gasteiger partial charge in [0.25, 0.3) is 5.56 Å². The molecule has 1 aliphatic heterocycles. The Labute approximate surface area is 129 Å². The molecular formula is C15H23N5O2. The van der Waals surface area contributed by atoms with Gasteiger partial charge in [0.1, 0.15) is 5.52 Å². The average Bonchev–Trinajstić information content (AvgIpc) is 2.90. The number of ether oxygens (including phenoxy) is 1. The summed E-state index contributed by atoms with van der Waals surface area (Å²) in [5.41, 5.74) is 1.07. The van der Waals surface area contributed by atoms with Gasteiger partial charge in [0.2, 0.25) is 0 Å². The molecule has 1 fully saturated rings. The van der Waals surface area contributed by atoms with Crippen molar-refractivity contribution in [1.29, 1.82) is 0 Å². The summed E-state index contributed by atoms with van der Waals surface area (Å²) in [5.74, 6) is 0.478. The number of piperidine rings is 1. The Morgan fingerprint density at radius 3 is 3.14 bits per heavy atom. The van der Waals surface area contributed by atoms with E-state index in [2.05, 4.69) is 15.0 Å². The highest BCUT2D eigenvalue weighted by atomic mass is 16.5. The Kier molecular flexibility index (Phi) is 4.54. The lowest BCUT2D eigenvalue weighted by Crippen LogP contribution is -2.40. The molecule has 2 aromatic rings. The van der Waals surface area contributed by atoms with Crippen LogP contribution in [0.1, 0.15) is 12.8 Å². The minimum atomic E-state index is -0.0420. The standard InChI is InChI=1S/C15H23N5O2/c1-18-10-13-14(17-18)15(21)20(11-16-13)9-12-4-3-5-19(8-12)6-7-22-2/h10-12H,3-9H2,1-2H3/t12-/m0/s1. The van der Waals surface area contributed by atoms with Gasteiger partial charge in [0.15, 0.2) is 5.52 Å². The fourth-order valence-electron chi connectivity index (χ4n) is 3.18. The molecule has 2 aromatic heterocycles. The first-order valence-corrected chi connectivity index (χ1v) is 7.77. The lowest BCUT2D eigenvalue weighted by atomic mass is 9.98. The second-order valence-corrected chi connectivity index (χ2v) is 6.04. The first kappa shape index (κ1) is 15.2. The molecule has 0 spiro atoms. The lowest BCUT2D eigenvalue weighted by Gasteiger charge is -2.32. The quantitative estimate of drug-likeness (QED) is 0.804. The van der Waals surface area contributed by atoms with Crippen LogP contribution in [0.5, 0.6) is 0 Å². The Bertz CT molecular complexity index is 693. The second kappa shape index (κ2) is 6.58. The highest BCUT2D eigenvalue weighted by molar-refractivity contribution is 5.71. The summed E-state index contributed by atoms with van der Waals surface area (Å²) in [5, 5.41) is 4.22. The Hall–Kier alpha value is -1.73. The van der Waals surface area contributed by atoms with Crippen LogP contribution in [0.4, 0.5) is 0 Å². The van der Waals surface area contributed by atoms with Crippen molar-refractivity contribution in [3.8, 4) is 0 Å². The summed E-state index contributed by atoms with van der Waals surface area (Å²) >= 11 is 0. The molecule has 0 bridgehead atoms. The zero-order valence-electron chi connectivity index (χ0n) is 13.2. The van der Waals surface area contributed by atoms with Gasteiger partial charge < -0.3 is 9.64 Å². The largest absolute Gasteiger partial charge is 0.383 e. The van der Waals surface area contributed by atoms with Crippen LogP contribution in [0.25, 0.3) is 11.0 Å². The molecule has 3 heterocycles. The maximum absolute atomic E-state index is 12.5. The highest BCUT2D eigenvalue weighted by Gasteiger charge is 2.21. The summed E-state index contributed by atoms with van der Waals surface area (Å²) in [6.07, 6.45) is 5.74. The first-order valence-electron chi connectivity index (χ1n) is 7.77. The number of fused-ring (bicyclic) bond motifs is 1. The van der Waals surface area contributed by atoms with Gasteiger partial charge in [-0.15, -0.1) is 0 Å². The van der Waals surface area contributed by atoms with Gasteiger partial charge in [-0.2, -0.15) is 5.10 Å². The monoisotopic (exact) mass is 305 g/mol. The predicted molar refractivity (Wildman–Crippen MR) is 83.8 cm³/mol. The molecule has 0 amide bonds. The van der Waals surface area contributed by atoms with Crippen molar-refractivity contribution in [2.24, 2.45) is 13.0 Å². The van der Waals surface area contributed by atoms with Gasteiger partial charge >= 0.3 is 0 Å². The molecule has 1 aliphatic rings. The van der Waals surface area contributed by atoms with Crippen LogP contribution in [0.15, 0.2) is 17.3 Å². The van der Waals surface area contributed by atoms with E-state index < -0.39 is 0 Å². The number of aryl methyl sites for hydroxylation is 1. The first-order chi connectivity index (χ1) is 10.7. The number of nitrogens with zero attached hydrogens (tertiary/aromatic N) is 5. The van der Waals surface area contributed by atoms with Crippen LogP contribution in [-0.4, -0.2) is 57.6 Å². The van der Waals surface area contributed by atoms with Gasteiger partial charge in [0, 0.05) is 33.8 Å². The summed E-state index contributed by atoms with van der Waals surface area (Å²) in [4.78, 5) is 19.2. The fourth-order valence-corrected chi connectivity index (χ4v) is 3.18. The van der Waals surface area contributed by atoms with Crippen LogP contribution in [0, 0.1) is 5.92 Å². The van der Waals surface area contributed by atoms with Crippen LogP contribution in [0.3, 0.4) is 0 Å². The third-order valence-corrected chi connectivity index (χ3v) is 4.28. The minimum Gasteiger partial charge on any atom is -0.383 e. The third kappa shape index (κ3) is 3.20. The van der Waals surface area contributed by atoms with Gasteiger partial charge in [-0.05, 0) is 25.3 Å². The molecule has 0 N–H and O–H groups in total. The van der Waals surface area contributed by atoms with Crippen molar-refractivity contribution in [3.63, 3.8) is 0 Å². The highest BCUT2D eigenvalue weighted by Crippen LogP contribution is 2.17. The van der Waals surface area contributed by atoms with Crippen LogP contribution in [-0.2, 0) is 18.3 Å². The summed E-state index contributed by atoms with van der Waals surface area (Å²) < 4.78 is 8.49. The van der Waals surface area contributed by atoms with Crippen LogP contribution < -0.4 is 5.56 Å². The minimum absolute atomic E-state index is 0.0420. The average molecular weight is 305 g/mol. The van der Waals surface area contributed by atoms with Gasteiger partial charge in [-0.3, -0.25) is 14.0 Å². The van der Waals surface area contributed by atoms with Gasteiger partial charge in [0.05, 0.1) is 19.1 Å². The molecule has 0 aliphatic carbocycles. The van der Waals surface area contributed by atoms with Crippen molar-refractivity contribution in [1.82, 2.24) is 24.2 Å². The molecule has 22 heavy (non-hydrogen) atoms. The summed E-state index contributed by atoms with van der Waals surface area (Å²) in [7, 11) is 3.54. The van der Waals surface area contributed by atoms with Gasteiger partial charge in [-0.1, -0.05) is 0 Å². The van der Waals surface area contributed by atoms with E-state index in [4.69, 9.17) is 4.74 Å². The van der Waals surface area contributed by atoms with Crippen LogP contribution >= 0.6 is 0 Å². The molecule has 7 nitrogen and oxygen atoms in total. The topological polar surface area (TPSA) is 65.2 Å². The summed E-state index contributed by atoms with van der Waals surface area (Å²) in [6.45, 7) is 4.55. The van der Waals surface area contributed by atoms with Crippen molar-refractivity contribution < 1.29 is 4.74 Å². The van der Waals surface area contributed by atoms with E-state index in [0.717, 1.165) is 32.7 Å². The summed E-state index contributed by atoms with van der Waals surface area (Å²) in [6, 6.07) is 0.